The zero-order valence-electron chi connectivity index (χ0n) is 10.9. The van der Waals surface area contributed by atoms with Crippen LogP contribution in [0.15, 0.2) is 23.8 Å². The van der Waals surface area contributed by atoms with Crippen molar-refractivity contribution in [3.05, 3.63) is 49.6 Å². The van der Waals surface area contributed by atoms with Gasteiger partial charge in [0.25, 0.3) is 11.4 Å². The van der Waals surface area contributed by atoms with Crippen LogP contribution in [0.5, 0.6) is 0 Å². The number of carbonyl (C=O) groups excluding carboxylic acids is 1. The summed E-state index contributed by atoms with van der Waals surface area (Å²) < 4.78 is 4.75. The number of benzene rings is 1. The van der Waals surface area contributed by atoms with E-state index in [4.69, 9.17) is 4.74 Å². The van der Waals surface area contributed by atoms with Crippen LogP contribution >= 0.6 is 0 Å². The van der Waals surface area contributed by atoms with Crippen molar-refractivity contribution in [1.29, 1.82) is 0 Å². The van der Waals surface area contributed by atoms with Crippen molar-refractivity contribution < 1.29 is 19.4 Å². The number of nitro benzene ring substituents is 2. The fraction of sp³-hybridized carbons (Fsp3) is 0.250. The molecule has 20 heavy (non-hydrogen) atoms. The number of carbonyl (C=O) groups is 1. The van der Waals surface area contributed by atoms with Gasteiger partial charge in [0.15, 0.2) is 0 Å². The Bertz CT molecular complexity index is 594. The average Bonchev–Trinajstić information content (AvgIpc) is 2.38. The first-order valence-electron chi connectivity index (χ1n) is 5.65. The van der Waals surface area contributed by atoms with Crippen LogP contribution in [0.3, 0.4) is 0 Å². The van der Waals surface area contributed by atoms with Gasteiger partial charge < -0.3 is 4.74 Å². The number of nitrogens with zero attached hydrogens (tertiary/aromatic N) is 2. The second-order valence-electron chi connectivity index (χ2n) is 3.81. The zero-order chi connectivity index (χ0) is 15.3. The van der Waals surface area contributed by atoms with Crippen molar-refractivity contribution in [2.45, 2.75) is 13.8 Å². The van der Waals surface area contributed by atoms with E-state index in [1.807, 2.05) is 0 Å². The molecular formula is C12H12N2O6. The van der Waals surface area contributed by atoms with Crippen LogP contribution in [0.2, 0.25) is 0 Å². The molecule has 0 bridgehead atoms. The maximum Gasteiger partial charge on any atom is 0.333 e. The van der Waals surface area contributed by atoms with Gasteiger partial charge in [-0.3, -0.25) is 20.2 Å². The highest BCUT2D eigenvalue weighted by Gasteiger charge is 2.19. The van der Waals surface area contributed by atoms with E-state index >= 15 is 0 Å². The normalized spacial score (nSPS) is 11.0. The summed E-state index contributed by atoms with van der Waals surface area (Å²) in [7, 11) is 0. The maximum absolute atomic E-state index is 11.4. The van der Waals surface area contributed by atoms with E-state index in [1.54, 1.807) is 6.92 Å². The van der Waals surface area contributed by atoms with Crippen molar-refractivity contribution in [2.75, 3.05) is 6.61 Å². The van der Waals surface area contributed by atoms with E-state index in [0.717, 1.165) is 12.1 Å². The Kier molecular flexibility index (Phi) is 4.90. The Labute approximate surface area is 114 Å². The fourth-order valence-corrected chi connectivity index (χ4v) is 1.46. The number of hydrogen-bond donors (Lipinski definition) is 0. The molecule has 0 aliphatic rings. The molecule has 1 aromatic rings. The molecule has 8 nitrogen and oxygen atoms in total. The molecule has 0 radical (unpaired) electrons. The molecule has 0 aliphatic carbocycles. The Balaban J connectivity index is 3.24. The third-order valence-corrected chi connectivity index (χ3v) is 2.39. The minimum atomic E-state index is -0.739. The predicted octanol–water partition coefficient (Wildman–Crippen LogP) is 2.47. The average molecular weight is 280 g/mol. The van der Waals surface area contributed by atoms with Crippen LogP contribution in [0.25, 0.3) is 6.08 Å². The monoisotopic (exact) mass is 280 g/mol. The standard InChI is InChI=1S/C12H12N2O6/c1-3-20-12(15)8(2)6-9-4-5-10(13(16)17)7-11(9)14(18)19/h4-7H,3H2,1-2H3/b8-6+. The van der Waals surface area contributed by atoms with Crippen LogP contribution in [0.4, 0.5) is 11.4 Å². The minimum absolute atomic E-state index is 0.103. The van der Waals surface area contributed by atoms with Crippen molar-refractivity contribution in [3.63, 3.8) is 0 Å². The molecular weight excluding hydrogens is 268 g/mol. The summed E-state index contributed by atoms with van der Waals surface area (Å²) >= 11 is 0. The van der Waals surface area contributed by atoms with Crippen LogP contribution in [-0.4, -0.2) is 22.4 Å². The lowest BCUT2D eigenvalue weighted by atomic mass is 10.1. The van der Waals surface area contributed by atoms with Gasteiger partial charge in [-0.1, -0.05) is 0 Å². The number of rotatable bonds is 5. The molecule has 1 rings (SSSR count). The molecule has 0 fully saturated rings. The van der Waals surface area contributed by atoms with Gasteiger partial charge in [0.1, 0.15) is 0 Å². The van der Waals surface area contributed by atoms with Gasteiger partial charge in [0.05, 0.1) is 28.1 Å². The van der Waals surface area contributed by atoms with Crippen molar-refractivity contribution >= 4 is 23.4 Å². The quantitative estimate of drug-likeness (QED) is 0.354. The summed E-state index contributed by atoms with van der Waals surface area (Å²) in [6.45, 7) is 3.27. The number of nitro groups is 2. The predicted molar refractivity (Wildman–Crippen MR) is 70.0 cm³/mol. The zero-order valence-corrected chi connectivity index (χ0v) is 10.9. The van der Waals surface area contributed by atoms with Crippen LogP contribution in [0.1, 0.15) is 19.4 Å². The SMILES string of the molecule is CCOC(=O)/C(C)=C/c1ccc([N+](=O)[O-])cc1[N+](=O)[O-]. The molecule has 0 heterocycles. The third kappa shape index (κ3) is 3.61. The van der Waals surface area contributed by atoms with Gasteiger partial charge >= 0.3 is 5.97 Å². The van der Waals surface area contributed by atoms with Gasteiger partial charge in [-0.25, -0.2) is 4.79 Å². The third-order valence-electron chi connectivity index (χ3n) is 2.39. The second kappa shape index (κ2) is 6.41. The largest absolute Gasteiger partial charge is 0.463 e. The first-order chi connectivity index (χ1) is 9.36. The number of esters is 1. The van der Waals surface area contributed by atoms with E-state index in [9.17, 15) is 25.0 Å². The molecule has 0 saturated carbocycles. The van der Waals surface area contributed by atoms with E-state index in [0.29, 0.717) is 0 Å². The van der Waals surface area contributed by atoms with E-state index < -0.39 is 21.5 Å². The van der Waals surface area contributed by atoms with E-state index in [-0.39, 0.29) is 23.4 Å². The number of hydrogen-bond acceptors (Lipinski definition) is 6. The Morgan fingerprint density at radius 3 is 2.45 bits per heavy atom. The smallest absolute Gasteiger partial charge is 0.333 e. The molecule has 8 heteroatoms. The van der Waals surface area contributed by atoms with Crippen LogP contribution < -0.4 is 0 Å². The molecule has 0 aliphatic heterocycles. The highest BCUT2D eigenvalue weighted by Crippen LogP contribution is 2.26. The highest BCUT2D eigenvalue weighted by atomic mass is 16.6. The van der Waals surface area contributed by atoms with Gasteiger partial charge in [0, 0.05) is 11.6 Å². The molecule has 0 amide bonds. The number of non-ortho nitro benzene ring substituents is 1. The summed E-state index contributed by atoms with van der Waals surface area (Å²) in [5, 5.41) is 21.5. The molecule has 1 aromatic carbocycles. The molecule has 0 saturated heterocycles. The van der Waals surface area contributed by atoms with Crippen LogP contribution in [0, 0.1) is 20.2 Å². The topological polar surface area (TPSA) is 113 Å². The lowest BCUT2D eigenvalue weighted by Crippen LogP contribution is -2.05. The Morgan fingerprint density at radius 2 is 1.95 bits per heavy atom. The van der Waals surface area contributed by atoms with Crippen molar-refractivity contribution in [2.24, 2.45) is 0 Å². The highest BCUT2D eigenvalue weighted by molar-refractivity contribution is 5.93. The molecule has 0 unspecified atom stereocenters. The summed E-state index contributed by atoms with van der Waals surface area (Å²) in [4.78, 5) is 31.5. The molecule has 106 valence electrons. The second-order valence-corrected chi connectivity index (χ2v) is 3.81. The molecule has 0 aromatic heterocycles. The van der Waals surface area contributed by atoms with Crippen molar-refractivity contribution in [1.82, 2.24) is 0 Å². The maximum atomic E-state index is 11.4. The summed E-state index contributed by atoms with van der Waals surface area (Å²) in [5.41, 5.74) is -0.555. The lowest BCUT2D eigenvalue weighted by Gasteiger charge is -2.02. The van der Waals surface area contributed by atoms with E-state index in [1.165, 1.54) is 19.1 Å². The minimum Gasteiger partial charge on any atom is -0.463 e. The van der Waals surface area contributed by atoms with Crippen LogP contribution in [-0.2, 0) is 9.53 Å². The number of ether oxygens (including phenoxy) is 1. The molecule has 0 atom stereocenters. The first-order valence-corrected chi connectivity index (χ1v) is 5.65. The summed E-state index contributed by atoms with van der Waals surface area (Å²) in [5.74, 6) is -0.597. The van der Waals surface area contributed by atoms with E-state index in [2.05, 4.69) is 0 Å². The van der Waals surface area contributed by atoms with Gasteiger partial charge in [-0.15, -0.1) is 0 Å². The first kappa shape index (κ1) is 15.3. The van der Waals surface area contributed by atoms with Gasteiger partial charge in [-0.05, 0) is 26.0 Å². The Morgan fingerprint density at radius 1 is 1.30 bits per heavy atom. The van der Waals surface area contributed by atoms with Gasteiger partial charge in [0.2, 0.25) is 0 Å². The lowest BCUT2D eigenvalue weighted by molar-refractivity contribution is -0.394. The summed E-state index contributed by atoms with van der Waals surface area (Å²) in [6, 6.07) is 3.21. The van der Waals surface area contributed by atoms with Gasteiger partial charge in [-0.2, -0.15) is 0 Å². The Hall–Kier alpha value is -2.77. The molecule has 0 spiro atoms. The molecule has 0 N–H and O–H groups in total. The fourth-order valence-electron chi connectivity index (χ4n) is 1.46. The summed E-state index contributed by atoms with van der Waals surface area (Å²) in [6.07, 6.45) is 1.26. The van der Waals surface area contributed by atoms with Crippen molar-refractivity contribution in [3.8, 4) is 0 Å².